The van der Waals surface area contributed by atoms with Gasteiger partial charge in [-0.25, -0.2) is 4.98 Å². The molecule has 98 valence electrons. The molecule has 1 aromatic heterocycles. The number of anilines is 2. The lowest BCUT2D eigenvalue weighted by Gasteiger charge is -2.07. The second-order valence-electron chi connectivity index (χ2n) is 3.68. The molecule has 2 rings (SSSR count). The van der Waals surface area contributed by atoms with Crippen molar-refractivity contribution in [3.8, 4) is 0 Å². The Kier molecular flexibility index (Phi) is 4.44. The topological polar surface area (TPSA) is 68.0 Å². The van der Waals surface area contributed by atoms with Gasteiger partial charge in [0.2, 0.25) is 0 Å². The molecule has 0 saturated carbocycles. The number of hydrogen-bond donors (Lipinski definition) is 2. The maximum Gasteiger partial charge on any atom is 0.256 e. The number of benzene rings is 1. The van der Waals surface area contributed by atoms with Crippen molar-refractivity contribution in [1.82, 2.24) is 4.98 Å². The van der Waals surface area contributed by atoms with Crippen LogP contribution in [0.15, 0.2) is 39.4 Å². The number of amides is 1. The predicted molar refractivity (Wildman–Crippen MR) is 83.5 cm³/mol. The fourth-order valence-electron chi connectivity index (χ4n) is 1.36. The van der Waals surface area contributed by atoms with Gasteiger partial charge in [0, 0.05) is 10.0 Å². The van der Waals surface area contributed by atoms with Crippen molar-refractivity contribution in [2.45, 2.75) is 0 Å². The number of nitrogens with two attached hydrogens (primary N) is 1. The molecule has 0 bridgehead atoms. The molecule has 1 amide bonds. The monoisotopic (exact) mass is 403 g/mol. The van der Waals surface area contributed by atoms with E-state index in [0.717, 1.165) is 0 Å². The molecule has 0 atom stereocenters. The molecule has 0 saturated heterocycles. The summed E-state index contributed by atoms with van der Waals surface area (Å²) in [5.74, 6) is 0.126. The number of carbonyl (C=O) groups excluding carboxylic acids is 1. The Morgan fingerprint density at radius 2 is 2.00 bits per heavy atom. The van der Waals surface area contributed by atoms with E-state index in [1.165, 1.54) is 6.20 Å². The molecular formula is C12H8Br2ClN3O. The first-order chi connectivity index (χ1) is 8.97. The first kappa shape index (κ1) is 14.3. The normalized spacial score (nSPS) is 10.3. The molecule has 19 heavy (non-hydrogen) atoms. The average Bonchev–Trinajstić information content (AvgIpc) is 2.36. The number of nitrogens with one attached hydrogen (secondary N) is 1. The van der Waals surface area contributed by atoms with E-state index in [1.54, 1.807) is 24.3 Å². The lowest BCUT2D eigenvalue weighted by Crippen LogP contribution is -2.13. The number of nitrogens with zero attached hydrogens (tertiary/aromatic N) is 1. The molecule has 1 aromatic carbocycles. The van der Waals surface area contributed by atoms with Gasteiger partial charge in [0.1, 0.15) is 5.82 Å². The molecule has 0 fully saturated rings. The second kappa shape index (κ2) is 5.90. The number of halogens is 3. The maximum atomic E-state index is 12.0. The Bertz CT molecular complexity index is 649. The predicted octanol–water partition coefficient (Wildman–Crippen LogP) is 4.09. The van der Waals surface area contributed by atoms with Gasteiger partial charge < -0.3 is 11.1 Å². The maximum absolute atomic E-state index is 12.0. The molecule has 3 N–H and O–H groups in total. The summed E-state index contributed by atoms with van der Waals surface area (Å²) in [4.78, 5) is 16.1. The van der Waals surface area contributed by atoms with Crippen LogP contribution in [0, 0.1) is 0 Å². The Morgan fingerprint density at radius 3 is 2.63 bits per heavy atom. The summed E-state index contributed by atoms with van der Waals surface area (Å²) in [6.45, 7) is 0. The highest BCUT2D eigenvalue weighted by molar-refractivity contribution is 9.11. The highest BCUT2D eigenvalue weighted by atomic mass is 79.9. The number of nitrogen functional groups attached to an aromatic ring is 1. The van der Waals surface area contributed by atoms with E-state index in [-0.39, 0.29) is 5.91 Å². The van der Waals surface area contributed by atoms with Gasteiger partial charge in [-0.3, -0.25) is 4.79 Å². The number of aromatic nitrogens is 1. The quantitative estimate of drug-likeness (QED) is 0.791. The zero-order valence-electron chi connectivity index (χ0n) is 9.45. The van der Waals surface area contributed by atoms with Gasteiger partial charge in [-0.05, 0) is 56.1 Å². The number of hydrogen-bond acceptors (Lipinski definition) is 3. The third kappa shape index (κ3) is 3.46. The highest BCUT2D eigenvalue weighted by Gasteiger charge is 2.11. The summed E-state index contributed by atoms with van der Waals surface area (Å²) in [6, 6.07) is 6.59. The SMILES string of the molecule is Nc1cnc(NC(=O)c2ccc(Cl)c(Br)c2)c(Br)c1. The van der Waals surface area contributed by atoms with E-state index in [4.69, 9.17) is 17.3 Å². The van der Waals surface area contributed by atoms with Crippen molar-refractivity contribution in [3.63, 3.8) is 0 Å². The molecule has 4 nitrogen and oxygen atoms in total. The smallest absolute Gasteiger partial charge is 0.256 e. The summed E-state index contributed by atoms with van der Waals surface area (Å²) in [5, 5.41) is 3.23. The number of carbonyl (C=O) groups is 1. The molecule has 0 aliphatic rings. The molecule has 2 aromatic rings. The Morgan fingerprint density at radius 1 is 1.26 bits per heavy atom. The van der Waals surface area contributed by atoms with E-state index in [9.17, 15) is 4.79 Å². The van der Waals surface area contributed by atoms with E-state index in [1.807, 2.05) is 0 Å². The third-order valence-electron chi connectivity index (χ3n) is 2.28. The molecule has 0 aliphatic heterocycles. The van der Waals surface area contributed by atoms with Crippen LogP contribution in [-0.4, -0.2) is 10.9 Å². The minimum absolute atomic E-state index is 0.282. The largest absolute Gasteiger partial charge is 0.397 e. The number of pyridine rings is 1. The van der Waals surface area contributed by atoms with E-state index >= 15 is 0 Å². The Labute approximate surface area is 131 Å². The van der Waals surface area contributed by atoms with Gasteiger partial charge in [0.25, 0.3) is 5.91 Å². The van der Waals surface area contributed by atoms with Crippen LogP contribution in [0.4, 0.5) is 11.5 Å². The molecule has 0 radical (unpaired) electrons. The summed E-state index contributed by atoms with van der Waals surface area (Å²) in [5.41, 5.74) is 6.57. The molecule has 1 heterocycles. The van der Waals surface area contributed by atoms with Crippen LogP contribution >= 0.6 is 43.5 Å². The fourth-order valence-corrected chi connectivity index (χ4v) is 2.32. The fraction of sp³-hybridized carbons (Fsp3) is 0. The van der Waals surface area contributed by atoms with Gasteiger partial charge in [-0.1, -0.05) is 11.6 Å². The molecule has 0 spiro atoms. The Balaban J connectivity index is 2.23. The number of rotatable bonds is 2. The Hall–Kier alpha value is -1.11. The third-order valence-corrected chi connectivity index (χ3v) is 4.09. The standard InChI is InChI=1S/C12H8Br2ClN3O/c13-8-3-6(1-2-10(8)15)12(19)18-11-9(14)4-7(16)5-17-11/h1-5H,16H2,(H,17,18,19). The van der Waals surface area contributed by atoms with Gasteiger partial charge in [-0.15, -0.1) is 0 Å². The molecular weight excluding hydrogens is 397 g/mol. The van der Waals surface area contributed by atoms with Crippen LogP contribution in [0.2, 0.25) is 5.02 Å². The van der Waals surface area contributed by atoms with E-state index in [2.05, 4.69) is 42.2 Å². The van der Waals surface area contributed by atoms with Crippen LogP contribution in [0.5, 0.6) is 0 Å². The highest BCUT2D eigenvalue weighted by Crippen LogP contribution is 2.25. The van der Waals surface area contributed by atoms with Crippen molar-refractivity contribution in [1.29, 1.82) is 0 Å². The second-order valence-corrected chi connectivity index (χ2v) is 5.80. The lowest BCUT2D eigenvalue weighted by atomic mass is 10.2. The zero-order chi connectivity index (χ0) is 14.0. The van der Waals surface area contributed by atoms with Crippen molar-refractivity contribution >= 4 is 60.9 Å². The van der Waals surface area contributed by atoms with Gasteiger partial charge in [-0.2, -0.15) is 0 Å². The molecule has 7 heteroatoms. The van der Waals surface area contributed by atoms with Crippen molar-refractivity contribution in [2.75, 3.05) is 11.1 Å². The summed E-state index contributed by atoms with van der Waals surface area (Å²) in [7, 11) is 0. The van der Waals surface area contributed by atoms with Crippen LogP contribution < -0.4 is 11.1 Å². The van der Waals surface area contributed by atoms with E-state index < -0.39 is 0 Å². The minimum Gasteiger partial charge on any atom is -0.397 e. The van der Waals surface area contributed by atoms with Crippen LogP contribution in [0.1, 0.15) is 10.4 Å². The van der Waals surface area contributed by atoms with Gasteiger partial charge >= 0.3 is 0 Å². The lowest BCUT2D eigenvalue weighted by molar-refractivity contribution is 0.102. The molecule has 0 aliphatic carbocycles. The van der Waals surface area contributed by atoms with Gasteiger partial charge in [0.15, 0.2) is 0 Å². The zero-order valence-corrected chi connectivity index (χ0v) is 13.4. The first-order valence-corrected chi connectivity index (χ1v) is 7.11. The summed E-state index contributed by atoms with van der Waals surface area (Å²) < 4.78 is 1.28. The van der Waals surface area contributed by atoms with Crippen LogP contribution in [0.25, 0.3) is 0 Å². The average molecular weight is 405 g/mol. The van der Waals surface area contributed by atoms with Crippen molar-refractivity contribution in [3.05, 3.63) is 50.0 Å². The molecule has 0 unspecified atom stereocenters. The van der Waals surface area contributed by atoms with E-state index in [0.29, 0.717) is 31.0 Å². The van der Waals surface area contributed by atoms with Crippen molar-refractivity contribution < 1.29 is 4.79 Å². The van der Waals surface area contributed by atoms with Crippen molar-refractivity contribution in [2.24, 2.45) is 0 Å². The van der Waals surface area contributed by atoms with Gasteiger partial charge in [0.05, 0.1) is 21.4 Å². The van der Waals surface area contributed by atoms with Crippen LogP contribution in [-0.2, 0) is 0 Å². The minimum atomic E-state index is -0.282. The summed E-state index contributed by atoms with van der Waals surface area (Å²) in [6.07, 6.45) is 1.47. The van der Waals surface area contributed by atoms with Crippen LogP contribution in [0.3, 0.4) is 0 Å². The first-order valence-electron chi connectivity index (χ1n) is 5.15. The summed E-state index contributed by atoms with van der Waals surface area (Å²) >= 11 is 12.4.